The van der Waals surface area contributed by atoms with Crippen LogP contribution in [0.1, 0.15) is 46.0 Å². The van der Waals surface area contributed by atoms with E-state index >= 15 is 0 Å². The Kier molecular flexibility index (Phi) is 5.46. The number of hydrogen-bond acceptors (Lipinski definition) is 3. The first-order chi connectivity index (χ1) is 8.78. The lowest BCUT2D eigenvalue weighted by Gasteiger charge is -2.45. The first kappa shape index (κ1) is 14.3. The first-order valence-corrected chi connectivity index (χ1v) is 7.84. The molecule has 0 radical (unpaired) electrons. The van der Waals surface area contributed by atoms with Gasteiger partial charge in [-0.05, 0) is 37.6 Å². The molecule has 1 saturated heterocycles. The van der Waals surface area contributed by atoms with Gasteiger partial charge in [-0.25, -0.2) is 0 Å². The predicted octanol–water partition coefficient (Wildman–Crippen LogP) is 2.25. The third-order valence-electron chi connectivity index (χ3n) is 5.04. The van der Waals surface area contributed by atoms with Gasteiger partial charge in [-0.1, -0.05) is 26.7 Å². The third kappa shape index (κ3) is 3.25. The summed E-state index contributed by atoms with van der Waals surface area (Å²) in [6.07, 6.45) is 6.97. The molecule has 1 saturated carbocycles. The van der Waals surface area contributed by atoms with Crippen LogP contribution in [-0.4, -0.2) is 43.3 Å². The minimum absolute atomic E-state index is 0.444. The zero-order valence-corrected chi connectivity index (χ0v) is 12.1. The molecule has 0 aromatic rings. The van der Waals surface area contributed by atoms with Crippen molar-refractivity contribution in [3.63, 3.8) is 0 Å². The minimum Gasteiger partial charge on any atom is -0.376 e. The maximum atomic E-state index is 6.00. The summed E-state index contributed by atoms with van der Waals surface area (Å²) in [5, 5.41) is 0. The average Bonchev–Trinajstić information content (AvgIpc) is 2.46. The highest BCUT2D eigenvalue weighted by Crippen LogP contribution is 2.34. The summed E-state index contributed by atoms with van der Waals surface area (Å²) in [4.78, 5) is 2.68. The molecule has 0 aromatic heterocycles. The standard InChI is InChI=1S/C15H30N2O/c1-3-12-5-6-13(10-16)15(9-12)17-7-8-18-14(4-2)11-17/h12-15H,3-11,16H2,1-2H3. The van der Waals surface area contributed by atoms with Crippen molar-refractivity contribution in [2.75, 3.05) is 26.2 Å². The molecule has 1 aliphatic carbocycles. The van der Waals surface area contributed by atoms with Crippen LogP contribution < -0.4 is 5.73 Å². The van der Waals surface area contributed by atoms with Gasteiger partial charge >= 0.3 is 0 Å². The Balaban J connectivity index is 1.98. The summed E-state index contributed by atoms with van der Waals surface area (Å²) >= 11 is 0. The quantitative estimate of drug-likeness (QED) is 0.836. The summed E-state index contributed by atoms with van der Waals surface area (Å²) in [6, 6.07) is 0.714. The lowest BCUT2D eigenvalue weighted by molar-refractivity contribution is -0.0623. The van der Waals surface area contributed by atoms with Gasteiger partial charge in [0, 0.05) is 19.1 Å². The second-order valence-electron chi connectivity index (χ2n) is 6.05. The molecular weight excluding hydrogens is 224 g/mol. The van der Waals surface area contributed by atoms with Gasteiger partial charge in [-0.2, -0.15) is 0 Å². The SMILES string of the molecule is CCC1CCC(CN)C(N2CCOC(CC)C2)C1. The zero-order chi connectivity index (χ0) is 13.0. The van der Waals surface area contributed by atoms with Crippen molar-refractivity contribution in [2.24, 2.45) is 17.6 Å². The van der Waals surface area contributed by atoms with Gasteiger partial charge in [0.15, 0.2) is 0 Å². The van der Waals surface area contributed by atoms with E-state index in [1.807, 2.05) is 0 Å². The zero-order valence-electron chi connectivity index (χ0n) is 12.1. The number of hydrogen-bond donors (Lipinski definition) is 1. The molecule has 4 unspecified atom stereocenters. The summed E-state index contributed by atoms with van der Waals surface area (Å²) in [7, 11) is 0. The van der Waals surface area contributed by atoms with Crippen molar-refractivity contribution < 1.29 is 4.74 Å². The lowest BCUT2D eigenvalue weighted by atomic mass is 9.76. The van der Waals surface area contributed by atoms with Gasteiger partial charge in [0.1, 0.15) is 0 Å². The van der Waals surface area contributed by atoms with Gasteiger partial charge in [0.25, 0.3) is 0 Å². The van der Waals surface area contributed by atoms with Crippen LogP contribution in [0.25, 0.3) is 0 Å². The van der Waals surface area contributed by atoms with E-state index in [0.717, 1.165) is 38.6 Å². The highest BCUT2D eigenvalue weighted by molar-refractivity contribution is 4.89. The van der Waals surface area contributed by atoms with E-state index < -0.39 is 0 Å². The van der Waals surface area contributed by atoms with Gasteiger partial charge in [0.05, 0.1) is 12.7 Å². The van der Waals surface area contributed by atoms with Crippen LogP contribution in [0.4, 0.5) is 0 Å². The van der Waals surface area contributed by atoms with Crippen LogP contribution in [0.15, 0.2) is 0 Å². The van der Waals surface area contributed by atoms with E-state index in [2.05, 4.69) is 18.7 Å². The van der Waals surface area contributed by atoms with Crippen LogP contribution in [0.5, 0.6) is 0 Å². The molecule has 106 valence electrons. The molecule has 2 rings (SSSR count). The molecule has 3 nitrogen and oxygen atoms in total. The maximum absolute atomic E-state index is 6.00. The van der Waals surface area contributed by atoms with Crippen LogP contribution in [0.2, 0.25) is 0 Å². The van der Waals surface area contributed by atoms with E-state index in [4.69, 9.17) is 10.5 Å². The Bertz CT molecular complexity index is 247. The summed E-state index contributed by atoms with van der Waals surface area (Å²) in [5.74, 6) is 1.63. The van der Waals surface area contributed by atoms with Crippen LogP contribution in [-0.2, 0) is 4.74 Å². The number of ether oxygens (including phenoxy) is 1. The second-order valence-corrected chi connectivity index (χ2v) is 6.05. The summed E-state index contributed by atoms with van der Waals surface area (Å²) in [5.41, 5.74) is 6.00. The molecule has 0 amide bonds. The molecule has 2 fully saturated rings. The fraction of sp³-hybridized carbons (Fsp3) is 1.00. The van der Waals surface area contributed by atoms with E-state index in [1.165, 1.54) is 25.7 Å². The van der Waals surface area contributed by atoms with Crippen LogP contribution in [0.3, 0.4) is 0 Å². The Morgan fingerprint density at radius 2 is 2.06 bits per heavy atom. The van der Waals surface area contributed by atoms with Crippen molar-refractivity contribution in [1.29, 1.82) is 0 Å². The Labute approximate surface area is 112 Å². The maximum Gasteiger partial charge on any atom is 0.0700 e. The van der Waals surface area contributed by atoms with Crippen molar-refractivity contribution in [3.05, 3.63) is 0 Å². The largest absolute Gasteiger partial charge is 0.376 e. The molecule has 1 aliphatic heterocycles. The monoisotopic (exact) mass is 254 g/mol. The number of nitrogens with two attached hydrogens (primary N) is 1. The van der Waals surface area contributed by atoms with E-state index in [9.17, 15) is 0 Å². The topological polar surface area (TPSA) is 38.5 Å². The van der Waals surface area contributed by atoms with Crippen molar-refractivity contribution in [2.45, 2.75) is 58.1 Å². The molecule has 18 heavy (non-hydrogen) atoms. The smallest absolute Gasteiger partial charge is 0.0700 e. The minimum atomic E-state index is 0.444. The van der Waals surface area contributed by atoms with Crippen LogP contribution >= 0.6 is 0 Å². The van der Waals surface area contributed by atoms with Crippen molar-refractivity contribution >= 4 is 0 Å². The van der Waals surface area contributed by atoms with E-state index in [0.29, 0.717) is 18.1 Å². The van der Waals surface area contributed by atoms with Gasteiger partial charge in [-0.15, -0.1) is 0 Å². The molecule has 1 heterocycles. The molecule has 0 bridgehead atoms. The number of rotatable bonds is 4. The highest BCUT2D eigenvalue weighted by atomic mass is 16.5. The fourth-order valence-corrected chi connectivity index (χ4v) is 3.68. The van der Waals surface area contributed by atoms with Crippen molar-refractivity contribution in [1.82, 2.24) is 4.90 Å². The van der Waals surface area contributed by atoms with Gasteiger partial charge in [0.2, 0.25) is 0 Å². The van der Waals surface area contributed by atoms with E-state index in [-0.39, 0.29) is 0 Å². The molecule has 3 heteroatoms. The lowest BCUT2D eigenvalue weighted by Crippen LogP contribution is -2.53. The average molecular weight is 254 g/mol. The predicted molar refractivity (Wildman–Crippen MR) is 75.6 cm³/mol. The fourth-order valence-electron chi connectivity index (χ4n) is 3.68. The Hall–Kier alpha value is -0.120. The second kappa shape index (κ2) is 6.88. The Morgan fingerprint density at radius 1 is 1.22 bits per heavy atom. The molecule has 4 atom stereocenters. The van der Waals surface area contributed by atoms with Crippen molar-refractivity contribution in [3.8, 4) is 0 Å². The molecule has 0 aromatic carbocycles. The molecule has 2 aliphatic rings. The first-order valence-electron chi connectivity index (χ1n) is 7.84. The molecular formula is C15H30N2O. The van der Waals surface area contributed by atoms with E-state index in [1.54, 1.807) is 0 Å². The van der Waals surface area contributed by atoms with Gasteiger partial charge < -0.3 is 10.5 Å². The summed E-state index contributed by atoms with van der Waals surface area (Å²) in [6.45, 7) is 8.55. The third-order valence-corrected chi connectivity index (χ3v) is 5.04. The summed E-state index contributed by atoms with van der Waals surface area (Å²) < 4.78 is 5.80. The number of morpholine rings is 1. The van der Waals surface area contributed by atoms with Gasteiger partial charge in [-0.3, -0.25) is 4.90 Å². The number of nitrogens with zero attached hydrogens (tertiary/aromatic N) is 1. The highest BCUT2D eigenvalue weighted by Gasteiger charge is 2.35. The van der Waals surface area contributed by atoms with Crippen LogP contribution in [0, 0.1) is 11.8 Å². The molecule has 2 N–H and O–H groups in total. The Morgan fingerprint density at radius 3 is 2.72 bits per heavy atom. The molecule has 0 spiro atoms. The normalized spacial score (nSPS) is 38.8.